The van der Waals surface area contributed by atoms with Crippen LogP contribution in [-0.2, 0) is 21.2 Å². The Kier molecular flexibility index (Phi) is 5.36. The van der Waals surface area contributed by atoms with Crippen LogP contribution in [0.4, 0.5) is 0 Å². The van der Waals surface area contributed by atoms with Crippen molar-refractivity contribution in [2.45, 2.75) is 19.0 Å². The molecule has 1 aliphatic rings. The van der Waals surface area contributed by atoms with Gasteiger partial charge in [-0.15, -0.1) is 0 Å². The summed E-state index contributed by atoms with van der Waals surface area (Å²) in [6, 6.07) is 3.53. The number of amides is 1. The van der Waals surface area contributed by atoms with E-state index in [-0.39, 0.29) is 30.0 Å². The molecule has 1 amide bonds. The van der Waals surface area contributed by atoms with Crippen molar-refractivity contribution >= 4 is 15.7 Å². The summed E-state index contributed by atoms with van der Waals surface area (Å²) in [6.45, 7) is 0.495. The molecule has 1 aromatic rings. The molecule has 0 radical (unpaired) electrons. The topological polar surface area (TPSA) is 88.6 Å². The number of sulfone groups is 1. The van der Waals surface area contributed by atoms with Crippen molar-refractivity contribution in [2.24, 2.45) is 0 Å². The highest BCUT2D eigenvalue weighted by atomic mass is 32.2. The van der Waals surface area contributed by atoms with Crippen LogP contribution in [0, 0.1) is 0 Å². The number of hydrogen-bond donors (Lipinski definition) is 1. The Morgan fingerprint density at radius 1 is 1.55 bits per heavy atom. The largest absolute Gasteiger partial charge is 0.481 e. The minimum atomic E-state index is -2.94. The molecule has 0 spiro atoms. The van der Waals surface area contributed by atoms with Gasteiger partial charge in [0.15, 0.2) is 9.84 Å². The molecule has 7 nitrogen and oxygen atoms in total. The van der Waals surface area contributed by atoms with Gasteiger partial charge in [-0.3, -0.25) is 9.69 Å². The van der Waals surface area contributed by atoms with E-state index in [4.69, 9.17) is 4.74 Å². The average Bonchev–Trinajstić information content (AvgIpc) is 2.85. The summed E-state index contributed by atoms with van der Waals surface area (Å²) >= 11 is 0. The molecule has 0 bridgehead atoms. The number of carbonyl (C=O) groups is 1. The quantitative estimate of drug-likeness (QED) is 0.780. The standard InChI is InChI=1S/C14H21N3O4S/c1-17(12-5-7-22(19,20)10-12)9-13(18)16-8-11-4-3-6-15-14(11)21-2/h3-4,6,12H,5,7-10H2,1-2H3,(H,16,18)/t12-/m1/s1. The molecule has 8 heteroatoms. The molecule has 0 saturated carbocycles. The van der Waals surface area contributed by atoms with Gasteiger partial charge in [-0.1, -0.05) is 6.07 Å². The van der Waals surface area contributed by atoms with Gasteiger partial charge in [0.2, 0.25) is 11.8 Å². The van der Waals surface area contributed by atoms with Crippen LogP contribution in [0.3, 0.4) is 0 Å². The van der Waals surface area contributed by atoms with Crippen molar-refractivity contribution < 1.29 is 17.9 Å². The maximum absolute atomic E-state index is 12.0. The van der Waals surface area contributed by atoms with Gasteiger partial charge in [0.1, 0.15) is 0 Å². The van der Waals surface area contributed by atoms with Crippen molar-refractivity contribution in [3.8, 4) is 5.88 Å². The first-order chi connectivity index (χ1) is 10.4. The van der Waals surface area contributed by atoms with Gasteiger partial charge in [0, 0.05) is 24.3 Å². The Labute approximate surface area is 130 Å². The number of pyridine rings is 1. The molecule has 0 aliphatic carbocycles. The maximum Gasteiger partial charge on any atom is 0.234 e. The van der Waals surface area contributed by atoms with Gasteiger partial charge in [0.05, 0.1) is 25.2 Å². The summed E-state index contributed by atoms with van der Waals surface area (Å²) in [7, 11) is 0.365. The number of ether oxygens (including phenoxy) is 1. The van der Waals surface area contributed by atoms with E-state index in [1.165, 1.54) is 7.11 Å². The molecular formula is C14H21N3O4S. The number of rotatable bonds is 6. The summed E-state index contributed by atoms with van der Waals surface area (Å²) in [5.41, 5.74) is 0.796. The van der Waals surface area contributed by atoms with E-state index >= 15 is 0 Å². The van der Waals surface area contributed by atoms with Gasteiger partial charge in [-0.05, 0) is 19.5 Å². The molecule has 0 aromatic carbocycles. The first-order valence-electron chi connectivity index (χ1n) is 7.06. The van der Waals surface area contributed by atoms with Gasteiger partial charge >= 0.3 is 0 Å². The highest BCUT2D eigenvalue weighted by molar-refractivity contribution is 7.91. The Balaban J connectivity index is 1.83. The third kappa shape index (κ3) is 4.41. The van der Waals surface area contributed by atoms with Crippen LogP contribution in [0.2, 0.25) is 0 Å². The third-order valence-corrected chi connectivity index (χ3v) is 5.49. The fourth-order valence-corrected chi connectivity index (χ4v) is 4.28. The van der Waals surface area contributed by atoms with E-state index in [0.717, 1.165) is 5.56 Å². The highest BCUT2D eigenvalue weighted by Gasteiger charge is 2.31. The highest BCUT2D eigenvalue weighted by Crippen LogP contribution is 2.16. The van der Waals surface area contributed by atoms with Gasteiger partial charge in [0.25, 0.3) is 0 Å². The number of likely N-dealkylation sites (N-methyl/N-ethyl adjacent to an activating group) is 1. The molecule has 22 heavy (non-hydrogen) atoms. The van der Waals surface area contributed by atoms with Gasteiger partial charge in [-0.25, -0.2) is 13.4 Å². The lowest BCUT2D eigenvalue weighted by Crippen LogP contribution is -2.41. The molecule has 1 N–H and O–H groups in total. The van der Waals surface area contributed by atoms with E-state index in [1.54, 1.807) is 24.2 Å². The Morgan fingerprint density at radius 3 is 2.95 bits per heavy atom. The van der Waals surface area contributed by atoms with Crippen molar-refractivity contribution in [3.05, 3.63) is 23.9 Å². The lowest BCUT2D eigenvalue weighted by atomic mass is 10.2. The summed E-state index contributed by atoms with van der Waals surface area (Å²) in [5, 5.41) is 2.80. The van der Waals surface area contributed by atoms with Crippen LogP contribution < -0.4 is 10.1 Å². The van der Waals surface area contributed by atoms with Crippen molar-refractivity contribution in [1.82, 2.24) is 15.2 Å². The number of nitrogens with one attached hydrogen (secondary N) is 1. The van der Waals surface area contributed by atoms with Crippen LogP contribution in [0.25, 0.3) is 0 Å². The smallest absolute Gasteiger partial charge is 0.234 e. The van der Waals surface area contributed by atoms with Crippen LogP contribution in [0.15, 0.2) is 18.3 Å². The van der Waals surface area contributed by atoms with E-state index in [2.05, 4.69) is 10.3 Å². The minimum absolute atomic E-state index is 0.0799. The first kappa shape index (κ1) is 16.7. The predicted octanol–water partition coefficient (Wildman–Crippen LogP) is -0.175. The Bertz CT molecular complexity index is 633. The van der Waals surface area contributed by atoms with E-state index < -0.39 is 9.84 Å². The second kappa shape index (κ2) is 7.06. The lowest BCUT2D eigenvalue weighted by molar-refractivity contribution is -0.122. The van der Waals surface area contributed by atoms with Crippen molar-refractivity contribution in [3.63, 3.8) is 0 Å². The summed E-state index contributed by atoms with van der Waals surface area (Å²) in [6.07, 6.45) is 2.21. The molecule has 122 valence electrons. The monoisotopic (exact) mass is 327 g/mol. The lowest BCUT2D eigenvalue weighted by Gasteiger charge is -2.22. The summed E-state index contributed by atoms with van der Waals surface area (Å²) in [5.74, 6) is 0.666. The number of methoxy groups -OCH3 is 1. The van der Waals surface area contributed by atoms with Crippen LogP contribution in [0.5, 0.6) is 5.88 Å². The summed E-state index contributed by atoms with van der Waals surface area (Å²) < 4.78 is 28.1. The molecular weight excluding hydrogens is 306 g/mol. The number of aromatic nitrogens is 1. The molecule has 2 heterocycles. The zero-order chi connectivity index (χ0) is 16.2. The average molecular weight is 327 g/mol. The summed E-state index contributed by atoms with van der Waals surface area (Å²) in [4.78, 5) is 17.8. The zero-order valence-electron chi connectivity index (χ0n) is 12.8. The van der Waals surface area contributed by atoms with E-state index in [0.29, 0.717) is 18.8 Å². The van der Waals surface area contributed by atoms with E-state index in [9.17, 15) is 13.2 Å². The SMILES string of the molecule is COc1ncccc1CNC(=O)CN(C)[C@@H]1CCS(=O)(=O)C1. The first-order valence-corrected chi connectivity index (χ1v) is 8.88. The third-order valence-electron chi connectivity index (χ3n) is 3.74. The molecule has 1 saturated heterocycles. The van der Waals surface area contributed by atoms with Crippen molar-refractivity contribution in [2.75, 3.05) is 32.2 Å². The number of nitrogens with zero attached hydrogens (tertiary/aromatic N) is 2. The Hall–Kier alpha value is -1.67. The normalized spacial score (nSPS) is 20.0. The molecule has 0 unspecified atom stereocenters. The van der Waals surface area contributed by atoms with Crippen LogP contribution in [0.1, 0.15) is 12.0 Å². The van der Waals surface area contributed by atoms with Crippen LogP contribution in [-0.4, -0.2) is 62.5 Å². The molecule has 2 rings (SSSR count). The van der Waals surface area contributed by atoms with Crippen molar-refractivity contribution in [1.29, 1.82) is 0 Å². The molecule has 1 fully saturated rings. The van der Waals surface area contributed by atoms with Gasteiger partial charge < -0.3 is 10.1 Å². The molecule has 1 aromatic heterocycles. The second-order valence-electron chi connectivity index (χ2n) is 5.42. The Morgan fingerprint density at radius 2 is 2.32 bits per heavy atom. The zero-order valence-corrected chi connectivity index (χ0v) is 13.6. The fourth-order valence-electron chi connectivity index (χ4n) is 2.47. The maximum atomic E-state index is 12.0. The minimum Gasteiger partial charge on any atom is -0.481 e. The predicted molar refractivity (Wildman–Crippen MR) is 82.3 cm³/mol. The van der Waals surface area contributed by atoms with Gasteiger partial charge in [-0.2, -0.15) is 0 Å². The van der Waals surface area contributed by atoms with E-state index in [1.807, 2.05) is 6.07 Å². The van der Waals surface area contributed by atoms with Crippen LogP contribution >= 0.6 is 0 Å². The fraction of sp³-hybridized carbons (Fsp3) is 0.571. The molecule has 1 atom stereocenters. The molecule has 1 aliphatic heterocycles. The number of carbonyl (C=O) groups excluding carboxylic acids is 1. The number of hydrogen-bond acceptors (Lipinski definition) is 6. The second-order valence-corrected chi connectivity index (χ2v) is 7.65.